The maximum Gasteiger partial charge on any atom is 0.303 e. The maximum absolute atomic E-state index is 12.7. The van der Waals surface area contributed by atoms with Crippen LogP contribution in [0, 0.1) is 17.3 Å². The highest BCUT2D eigenvalue weighted by Crippen LogP contribution is 2.69. The van der Waals surface area contributed by atoms with E-state index >= 15 is 0 Å². The number of hydrogen-bond acceptors (Lipinski definition) is 6. The Hall–Kier alpha value is -2.44. The number of carbonyl (C=O) groups is 2. The molecule has 1 aliphatic heterocycles. The first-order valence-corrected chi connectivity index (χ1v) is 14.7. The Labute approximate surface area is 232 Å². The minimum absolute atomic E-state index is 0.197. The molecule has 5 aliphatic rings. The molecule has 6 atom stereocenters. The van der Waals surface area contributed by atoms with Gasteiger partial charge in [-0.15, -0.1) is 0 Å². The number of nitrogens with zero attached hydrogens (tertiary/aromatic N) is 1. The van der Waals surface area contributed by atoms with Crippen LogP contribution < -0.4 is 4.90 Å². The highest BCUT2D eigenvalue weighted by atomic mass is 16.8. The summed E-state index contributed by atoms with van der Waals surface area (Å²) in [4.78, 5) is 27.2. The molecule has 4 unspecified atom stereocenters. The molecule has 6 nitrogen and oxygen atoms in total. The van der Waals surface area contributed by atoms with Gasteiger partial charge in [-0.2, -0.15) is 0 Å². The van der Waals surface area contributed by atoms with Gasteiger partial charge in [-0.05, 0) is 99.1 Å². The number of hydrogen-bond donors (Lipinski definition) is 0. The number of ether oxygens (including phenoxy) is 3. The van der Waals surface area contributed by atoms with Crippen molar-refractivity contribution in [2.45, 2.75) is 96.1 Å². The van der Waals surface area contributed by atoms with Gasteiger partial charge in [0.2, 0.25) is 0 Å². The van der Waals surface area contributed by atoms with Crippen molar-refractivity contribution in [3.63, 3.8) is 0 Å². The molecular formula is C33H43NO5. The molecule has 0 bridgehead atoms. The third-order valence-electron chi connectivity index (χ3n) is 10.6. The molecule has 3 fully saturated rings. The van der Waals surface area contributed by atoms with Crippen LogP contribution in [0.5, 0.6) is 0 Å². The Balaban J connectivity index is 1.50. The van der Waals surface area contributed by atoms with Gasteiger partial charge in [-0.3, -0.25) is 9.59 Å². The topological polar surface area (TPSA) is 65.1 Å². The Morgan fingerprint density at radius 3 is 2.44 bits per heavy atom. The van der Waals surface area contributed by atoms with Crippen LogP contribution in [0.15, 0.2) is 47.1 Å². The predicted octanol–water partition coefficient (Wildman–Crippen LogP) is 6.11. The van der Waals surface area contributed by atoms with Crippen molar-refractivity contribution in [1.29, 1.82) is 0 Å². The Kier molecular flexibility index (Phi) is 6.39. The number of fused-ring (bicyclic) bond motifs is 4. The summed E-state index contributed by atoms with van der Waals surface area (Å²) in [5, 5.41) is 0. The third-order valence-corrected chi connectivity index (χ3v) is 10.6. The van der Waals surface area contributed by atoms with E-state index in [1.54, 1.807) is 5.57 Å². The van der Waals surface area contributed by atoms with Gasteiger partial charge in [0.25, 0.3) is 0 Å². The van der Waals surface area contributed by atoms with Crippen LogP contribution in [-0.4, -0.2) is 49.9 Å². The van der Waals surface area contributed by atoms with E-state index in [0.29, 0.717) is 24.9 Å². The molecule has 4 aliphatic carbocycles. The molecule has 0 radical (unpaired) electrons. The molecule has 0 spiro atoms. The van der Waals surface area contributed by atoms with Gasteiger partial charge in [-0.1, -0.05) is 24.6 Å². The quantitative estimate of drug-likeness (QED) is 0.436. The highest BCUT2D eigenvalue weighted by Gasteiger charge is 2.69. The van der Waals surface area contributed by atoms with E-state index in [1.807, 2.05) is 19.9 Å². The molecule has 0 aromatic heterocycles. The van der Waals surface area contributed by atoms with Gasteiger partial charge >= 0.3 is 5.97 Å². The van der Waals surface area contributed by atoms with Crippen LogP contribution in [-0.2, 0) is 23.8 Å². The monoisotopic (exact) mass is 533 g/mol. The fourth-order valence-corrected chi connectivity index (χ4v) is 8.92. The van der Waals surface area contributed by atoms with Crippen LogP contribution in [0.2, 0.25) is 0 Å². The lowest BCUT2D eigenvalue weighted by molar-refractivity contribution is -0.220. The summed E-state index contributed by atoms with van der Waals surface area (Å²) < 4.78 is 19.0. The average molecular weight is 534 g/mol. The van der Waals surface area contributed by atoms with Crippen LogP contribution in [0.3, 0.4) is 0 Å². The maximum atomic E-state index is 12.7. The van der Waals surface area contributed by atoms with Crippen molar-refractivity contribution < 1.29 is 23.8 Å². The van der Waals surface area contributed by atoms with E-state index in [1.165, 1.54) is 29.3 Å². The minimum atomic E-state index is -0.742. The number of carbonyl (C=O) groups excluding carboxylic acids is 2. The number of benzene rings is 1. The zero-order chi connectivity index (χ0) is 27.7. The molecule has 1 aromatic carbocycles. The fraction of sp³-hybridized carbons (Fsp3) is 0.636. The number of esters is 1. The van der Waals surface area contributed by atoms with E-state index in [9.17, 15) is 9.59 Å². The van der Waals surface area contributed by atoms with Gasteiger partial charge in [0, 0.05) is 44.5 Å². The van der Waals surface area contributed by atoms with E-state index in [-0.39, 0.29) is 29.2 Å². The first kappa shape index (κ1) is 26.8. The summed E-state index contributed by atoms with van der Waals surface area (Å²) in [6, 6.07) is 8.97. The zero-order valence-corrected chi connectivity index (χ0v) is 24.3. The first-order valence-electron chi connectivity index (χ1n) is 14.7. The molecule has 1 saturated heterocycles. The second-order valence-electron chi connectivity index (χ2n) is 13.3. The van der Waals surface area contributed by atoms with Crippen LogP contribution in [0.4, 0.5) is 5.69 Å². The summed E-state index contributed by atoms with van der Waals surface area (Å²) in [5.41, 5.74) is 5.69. The normalized spacial score (nSPS) is 37.1. The lowest BCUT2D eigenvalue weighted by atomic mass is 9.50. The van der Waals surface area contributed by atoms with E-state index in [0.717, 1.165) is 38.5 Å². The molecule has 0 amide bonds. The number of allylic oxidation sites excluding steroid dienone is 4. The highest BCUT2D eigenvalue weighted by molar-refractivity contribution is 5.93. The molecule has 6 rings (SSSR count). The van der Waals surface area contributed by atoms with Crippen molar-refractivity contribution in [3.05, 3.63) is 52.6 Å². The molecule has 1 aromatic rings. The van der Waals surface area contributed by atoms with Crippen LogP contribution in [0.1, 0.15) is 84.1 Å². The van der Waals surface area contributed by atoms with E-state index in [2.05, 4.69) is 50.2 Å². The largest absolute Gasteiger partial charge is 0.456 e. The molecular weight excluding hydrogens is 490 g/mol. The molecule has 39 heavy (non-hydrogen) atoms. The molecule has 1 heterocycles. The van der Waals surface area contributed by atoms with Gasteiger partial charge in [-0.25, -0.2) is 0 Å². The van der Waals surface area contributed by atoms with Crippen LogP contribution >= 0.6 is 0 Å². The van der Waals surface area contributed by atoms with Gasteiger partial charge in [0.15, 0.2) is 11.6 Å². The molecule has 2 saturated carbocycles. The number of rotatable bonds is 4. The standard InChI is InChI=1S/C33H43NO5/c1-20(35)38-33(29-19-37-31(2,3)39-29)16-15-28-26-13-9-22-17-24(36)12-14-25(22)30(26)27(18-32(28,33)4)21-7-10-23(11-8-21)34(5)6/h7-8,10-11,17,26-29H,9,12-16,18-19H2,1-6H3/t26?,27?,28?,29?,32-,33-/m0/s1. The predicted molar refractivity (Wildman–Crippen MR) is 150 cm³/mol. The third kappa shape index (κ3) is 4.21. The minimum Gasteiger partial charge on any atom is -0.456 e. The van der Waals surface area contributed by atoms with Crippen molar-refractivity contribution in [1.82, 2.24) is 0 Å². The fourth-order valence-electron chi connectivity index (χ4n) is 8.92. The summed E-state index contributed by atoms with van der Waals surface area (Å²) in [7, 11) is 4.13. The summed E-state index contributed by atoms with van der Waals surface area (Å²) in [5.74, 6) is 0.285. The van der Waals surface area contributed by atoms with E-state index < -0.39 is 11.4 Å². The van der Waals surface area contributed by atoms with Crippen LogP contribution in [0.25, 0.3) is 0 Å². The summed E-state index contributed by atoms with van der Waals surface area (Å²) in [6.07, 6.45) is 7.70. The number of ketones is 1. The lowest BCUT2D eigenvalue weighted by Gasteiger charge is -2.56. The summed E-state index contributed by atoms with van der Waals surface area (Å²) >= 11 is 0. The van der Waals surface area contributed by atoms with Gasteiger partial charge in [0.1, 0.15) is 11.7 Å². The van der Waals surface area contributed by atoms with Crippen molar-refractivity contribution in [2.75, 3.05) is 25.6 Å². The smallest absolute Gasteiger partial charge is 0.303 e. The first-order chi connectivity index (χ1) is 18.4. The second kappa shape index (κ2) is 9.31. The Morgan fingerprint density at radius 2 is 1.79 bits per heavy atom. The van der Waals surface area contributed by atoms with Crippen molar-refractivity contribution in [2.24, 2.45) is 17.3 Å². The van der Waals surface area contributed by atoms with E-state index in [4.69, 9.17) is 14.2 Å². The summed E-state index contributed by atoms with van der Waals surface area (Å²) in [6.45, 7) is 8.21. The zero-order valence-electron chi connectivity index (χ0n) is 24.3. The second-order valence-corrected chi connectivity index (χ2v) is 13.3. The van der Waals surface area contributed by atoms with Crippen molar-refractivity contribution in [3.8, 4) is 0 Å². The SMILES string of the molecule is CC(=O)O[C@]1(C2COC(C)(C)O2)CCC2C3CCC4=CC(=O)CCC4=C3C(c3ccc(N(C)C)cc3)C[C@@]21C. The molecule has 210 valence electrons. The number of anilines is 1. The molecule has 6 heteroatoms. The Morgan fingerprint density at radius 1 is 1.05 bits per heavy atom. The Bertz CT molecular complexity index is 1240. The van der Waals surface area contributed by atoms with Crippen molar-refractivity contribution >= 4 is 17.4 Å². The lowest BCUT2D eigenvalue weighted by Crippen LogP contribution is -2.60. The van der Waals surface area contributed by atoms with Gasteiger partial charge in [0.05, 0.1) is 6.61 Å². The average Bonchev–Trinajstić information content (AvgIpc) is 3.39. The van der Waals surface area contributed by atoms with Gasteiger partial charge < -0.3 is 19.1 Å². The molecule has 0 N–H and O–H groups in total.